The maximum absolute atomic E-state index is 11.9. The Balaban J connectivity index is 1.53. The van der Waals surface area contributed by atoms with E-state index in [1.165, 1.54) is 19.3 Å². The first-order valence-electron chi connectivity index (χ1n) is 8.75. The van der Waals surface area contributed by atoms with Gasteiger partial charge in [0.05, 0.1) is 12.6 Å². The van der Waals surface area contributed by atoms with Gasteiger partial charge in [-0.25, -0.2) is 0 Å². The molecule has 1 saturated heterocycles. The van der Waals surface area contributed by atoms with Crippen molar-refractivity contribution in [2.45, 2.75) is 64.1 Å². The Kier molecular flexibility index (Phi) is 4.29. The van der Waals surface area contributed by atoms with Crippen LogP contribution < -0.4 is 16.0 Å². The lowest BCUT2D eigenvalue weighted by Gasteiger charge is -2.63. The van der Waals surface area contributed by atoms with Gasteiger partial charge in [-0.05, 0) is 40.0 Å². The largest absolute Gasteiger partial charge is 0.377 e. The molecule has 3 fully saturated rings. The Morgan fingerprint density at radius 1 is 1.35 bits per heavy atom. The molecule has 23 heavy (non-hydrogen) atoms. The van der Waals surface area contributed by atoms with Crippen molar-refractivity contribution in [2.75, 3.05) is 20.2 Å². The zero-order chi connectivity index (χ0) is 16.7. The van der Waals surface area contributed by atoms with E-state index in [4.69, 9.17) is 4.74 Å². The number of ether oxygens (including phenoxy) is 1. The lowest BCUT2D eigenvalue weighted by Crippen LogP contribution is -2.72. The summed E-state index contributed by atoms with van der Waals surface area (Å²) in [6, 6.07) is 0.431. The van der Waals surface area contributed by atoms with Crippen LogP contribution in [0.2, 0.25) is 0 Å². The van der Waals surface area contributed by atoms with Gasteiger partial charge in [-0.1, -0.05) is 6.42 Å². The molecule has 0 radical (unpaired) electrons. The van der Waals surface area contributed by atoms with E-state index in [9.17, 15) is 4.79 Å². The Morgan fingerprint density at radius 2 is 2.09 bits per heavy atom. The van der Waals surface area contributed by atoms with Crippen molar-refractivity contribution >= 4 is 11.9 Å². The molecule has 130 valence electrons. The van der Waals surface area contributed by atoms with Crippen molar-refractivity contribution in [3.8, 4) is 0 Å². The van der Waals surface area contributed by atoms with Crippen molar-refractivity contribution in [3.05, 3.63) is 0 Å². The van der Waals surface area contributed by atoms with Gasteiger partial charge in [0, 0.05) is 36.6 Å². The molecule has 3 rings (SSSR count). The molecule has 0 bridgehead atoms. The van der Waals surface area contributed by atoms with Gasteiger partial charge >= 0.3 is 0 Å². The molecule has 1 heterocycles. The van der Waals surface area contributed by atoms with Gasteiger partial charge in [0.2, 0.25) is 5.91 Å². The number of hydrogen-bond donors (Lipinski definition) is 3. The molecule has 1 spiro atoms. The standard InChI is InChI=1S/C17H30N4O2/c1-16(2,3)21-12(22)10-19-15(18-4)20-13-11-6-9-23-14(11)17(13)7-5-8-17/h11,13-14H,5-10H2,1-4H3,(H,21,22)(H2,18,19,20). The van der Waals surface area contributed by atoms with E-state index in [-0.39, 0.29) is 18.0 Å². The number of fused-ring (bicyclic) bond motifs is 2. The van der Waals surface area contributed by atoms with Gasteiger partial charge < -0.3 is 20.7 Å². The van der Waals surface area contributed by atoms with Crippen molar-refractivity contribution < 1.29 is 9.53 Å². The third-order valence-corrected chi connectivity index (χ3v) is 5.48. The predicted octanol–water partition coefficient (Wildman–Crippen LogP) is 1.02. The fourth-order valence-electron chi connectivity index (χ4n) is 4.42. The number of hydrogen-bond acceptors (Lipinski definition) is 3. The highest BCUT2D eigenvalue weighted by molar-refractivity contribution is 5.87. The first-order chi connectivity index (χ1) is 10.9. The second-order valence-corrected chi connectivity index (χ2v) is 8.18. The van der Waals surface area contributed by atoms with Gasteiger partial charge in [-0.3, -0.25) is 9.79 Å². The molecule has 3 N–H and O–H groups in total. The molecule has 3 unspecified atom stereocenters. The van der Waals surface area contributed by atoms with Gasteiger partial charge in [0.15, 0.2) is 5.96 Å². The molecule has 6 heteroatoms. The number of amides is 1. The molecule has 3 atom stereocenters. The van der Waals surface area contributed by atoms with E-state index in [0.29, 0.717) is 23.5 Å². The second kappa shape index (κ2) is 5.96. The number of carbonyl (C=O) groups excluding carboxylic acids is 1. The lowest BCUT2D eigenvalue weighted by molar-refractivity contribution is -0.171. The van der Waals surface area contributed by atoms with Crippen LogP contribution in [0, 0.1) is 11.3 Å². The van der Waals surface area contributed by atoms with Crippen LogP contribution in [0.4, 0.5) is 0 Å². The molecule has 3 aliphatic rings. The maximum atomic E-state index is 11.9. The third-order valence-electron chi connectivity index (χ3n) is 5.48. The molecule has 1 aliphatic heterocycles. The molecule has 0 aromatic rings. The first-order valence-corrected chi connectivity index (χ1v) is 8.75. The van der Waals surface area contributed by atoms with Crippen molar-refractivity contribution in [3.63, 3.8) is 0 Å². The molecule has 0 aromatic carbocycles. The maximum Gasteiger partial charge on any atom is 0.239 e. The monoisotopic (exact) mass is 322 g/mol. The van der Waals surface area contributed by atoms with E-state index < -0.39 is 0 Å². The van der Waals surface area contributed by atoms with Crippen LogP contribution in [-0.2, 0) is 9.53 Å². The Labute approximate surface area is 138 Å². The number of carbonyl (C=O) groups is 1. The van der Waals surface area contributed by atoms with Crippen molar-refractivity contribution in [1.29, 1.82) is 0 Å². The number of guanidine groups is 1. The SMILES string of the molecule is CN=C(NCC(=O)NC(C)(C)C)NC1C2CCOC2C12CCC2. The van der Waals surface area contributed by atoms with Crippen molar-refractivity contribution in [1.82, 2.24) is 16.0 Å². The highest BCUT2D eigenvalue weighted by atomic mass is 16.5. The summed E-state index contributed by atoms with van der Waals surface area (Å²) >= 11 is 0. The topological polar surface area (TPSA) is 74.8 Å². The quantitative estimate of drug-likeness (QED) is 0.536. The molecule has 6 nitrogen and oxygen atoms in total. The fraction of sp³-hybridized carbons (Fsp3) is 0.882. The fourth-order valence-corrected chi connectivity index (χ4v) is 4.42. The molecule has 2 aliphatic carbocycles. The first kappa shape index (κ1) is 16.6. The van der Waals surface area contributed by atoms with Crippen LogP contribution in [-0.4, -0.2) is 49.8 Å². The van der Waals surface area contributed by atoms with Gasteiger partial charge in [0.25, 0.3) is 0 Å². The summed E-state index contributed by atoms with van der Waals surface area (Å²) in [4.78, 5) is 16.2. The Morgan fingerprint density at radius 3 is 2.65 bits per heavy atom. The van der Waals surface area contributed by atoms with Crippen LogP contribution in [0.5, 0.6) is 0 Å². The zero-order valence-electron chi connectivity index (χ0n) is 14.7. The minimum absolute atomic E-state index is 0.0190. The lowest BCUT2D eigenvalue weighted by atomic mass is 9.46. The predicted molar refractivity (Wildman–Crippen MR) is 90.3 cm³/mol. The number of rotatable bonds is 3. The molecular formula is C17H30N4O2. The van der Waals surface area contributed by atoms with Gasteiger partial charge in [0.1, 0.15) is 0 Å². The summed E-state index contributed by atoms with van der Waals surface area (Å²) in [7, 11) is 1.76. The normalized spacial score (nSPS) is 31.8. The Bertz CT molecular complexity index is 493. The van der Waals surface area contributed by atoms with Crippen LogP contribution in [0.25, 0.3) is 0 Å². The number of aliphatic imine (C=N–C) groups is 1. The number of nitrogens with zero attached hydrogens (tertiary/aromatic N) is 1. The average Bonchev–Trinajstić information content (AvgIpc) is 2.80. The van der Waals surface area contributed by atoms with E-state index in [2.05, 4.69) is 20.9 Å². The molecule has 1 amide bonds. The molecule has 0 aromatic heterocycles. The van der Waals surface area contributed by atoms with E-state index in [1.54, 1.807) is 7.05 Å². The molecule has 2 saturated carbocycles. The minimum Gasteiger partial charge on any atom is -0.377 e. The highest BCUT2D eigenvalue weighted by Crippen LogP contribution is 2.62. The second-order valence-electron chi connectivity index (χ2n) is 8.18. The van der Waals surface area contributed by atoms with Crippen LogP contribution >= 0.6 is 0 Å². The van der Waals surface area contributed by atoms with Crippen molar-refractivity contribution in [2.24, 2.45) is 16.3 Å². The van der Waals surface area contributed by atoms with Crippen LogP contribution in [0.1, 0.15) is 46.5 Å². The van der Waals surface area contributed by atoms with E-state index in [0.717, 1.165) is 19.0 Å². The van der Waals surface area contributed by atoms with Crippen LogP contribution in [0.15, 0.2) is 4.99 Å². The summed E-state index contributed by atoms with van der Waals surface area (Å²) < 4.78 is 5.94. The average molecular weight is 322 g/mol. The molecular weight excluding hydrogens is 292 g/mol. The summed E-state index contributed by atoms with van der Waals surface area (Å²) in [5.74, 6) is 1.29. The Hall–Kier alpha value is -1.30. The van der Waals surface area contributed by atoms with E-state index in [1.807, 2.05) is 20.8 Å². The summed E-state index contributed by atoms with van der Waals surface area (Å²) in [5, 5.41) is 9.66. The smallest absolute Gasteiger partial charge is 0.239 e. The minimum atomic E-state index is -0.214. The summed E-state index contributed by atoms with van der Waals surface area (Å²) in [5.41, 5.74) is 0.0978. The summed E-state index contributed by atoms with van der Waals surface area (Å²) in [6.07, 6.45) is 5.35. The zero-order valence-corrected chi connectivity index (χ0v) is 14.7. The summed E-state index contributed by atoms with van der Waals surface area (Å²) in [6.45, 7) is 7.06. The highest BCUT2D eigenvalue weighted by Gasteiger charge is 2.66. The van der Waals surface area contributed by atoms with Gasteiger partial charge in [-0.2, -0.15) is 0 Å². The van der Waals surface area contributed by atoms with E-state index >= 15 is 0 Å². The van der Waals surface area contributed by atoms with Gasteiger partial charge in [-0.15, -0.1) is 0 Å². The number of nitrogens with one attached hydrogen (secondary N) is 3. The third kappa shape index (κ3) is 3.05. The van der Waals surface area contributed by atoms with Crippen LogP contribution in [0.3, 0.4) is 0 Å².